The number of aromatic amines is 1. The lowest BCUT2D eigenvalue weighted by molar-refractivity contribution is -0.117. The number of carbonyl (C=O) groups is 1. The molecule has 8 nitrogen and oxygen atoms in total. The van der Waals surface area contributed by atoms with E-state index in [-0.39, 0.29) is 35.9 Å². The van der Waals surface area contributed by atoms with E-state index >= 15 is 0 Å². The van der Waals surface area contributed by atoms with Crippen LogP contribution in [-0.2, 0) is 16.1 Å². The predicted molar refractivity (Wildman–Crippen MR) is 81.8 cm³/mol. The van der Waals surface area contributed by atoms with E-state index in [9.17, 15) is 9.59 Å². The molecule has 1 amide bonds. The van der Waals surface area contributed by atoms with Crippen LogP contribution in [0, 0.1) is 12.8 Å². The number of nitrogens with zero attached hydrogens (tertiary/aromatic N) is 3. The highest BCUT2D eigenvalue weighted by atomic mass is 16.5. The number of rotatable bonds is 5. The zero-order chi connectivity index (χ0) is 16.4. The first-order valence-corrected chi connectivity index (χ1v) is 7.26. The summed E-state index contributed by atoms with van der Waals surface area (Å²) in [5.74, 6) is 0.454. The lowest BCUT2D eigenvalue weighted by atomic mass is 10.2. The summed E-state index contributed by atoms with van der Waals surface area (Å²) >= 11 is 0. The maximum Gasteiger partial charge on any atom is 0.257 e. The molecule has 0 aliphatic heterocycles. The number of anilines is 1. The summed E-state index contributed by atoms with van der Waals surface area (Å²) < 4.78 is 4.89. The zero-order valence-corrected chi connectivity index (χ0v) is 12.9. The summed E-state index contributed by atoms with van der Waals surface area (Å²) in [6, 6.07) is 1.82. The highest BCUT2D eigenvalue weighted by Crippen LogP contribution is 2.46. The number of H-pyrrole nitrogens is 1. The van der Waals surface area contributed by atoms with Crippen LogP contribution in [-0.4, -0.2) is 33.0 Å². The van der Waals surface area contributed by atoms with Crippen molar-refractivity contribution in [2.45, 2.75) is 25.9 Å². The number of hydrogen-bond acceptors (Lipinski definition) is 6. The summed E-state index contributed by atoms with van der Waals surface area (Å²) in [4.78, 5) is 39.1. The summed E-state index contributed by atoms with van der Waals surface area (Å²) in [5.41, 5.74) is 0.954. The van der Waals surface area contributed by atoms with Gasteiger partial charge in [-0.25, -0.2) is 15.0 Å². The Balaban J connectivity index is 1.65. The van der Waals surface area contributed by atoms with E-state index in [4.69, 9.17) is 4.74 Å². The van der Waals surface area contributed by atoms with Gasteiger partial charge in [-0.3, -0.25) is 19.9 Å². The molecule has 0 spiro atoms. The largest absolute Gasteiger partial charge is 0.380 e. The van der Waals surface area contributed by atoms with Crippen molar-refractivity contribution in [1.82, 2.24) is 19.9 Å². The molecular weight excluding hydrogens is 298 g/mol. The second-order valence-electron chi connectivity index (χ2n) is 5.51. The van der Waals surface area contributed by atoms with E-state index in [0.717, 1.165) is 5.69 Å². The van der Waals surface area contributed by atoms with Crippen LogP contribution in [0.15, 0.2) is 23.3 Å². The number of hydrogen-bond donors (Lipinski definition) is 2. The van der Waals surface area contributed by atoms with Crippen molar-refractivity contribution >= 4 is 11.9 Å². The molecule has 0 saturated heterocycles. The lowest BCUT2D eigenvalue weighted by Crippen LogP contribution is -2.22. The molecule has 1 saturated carbocycles. The molecule has 2 unspecified atom stereocenters. The number of methoxy groups -OCH3 is 1. The number of nitrogens with one attached hydrogen (secondary N) is 2. The molecule has 120 valence electrons. The topological polar surface area (TPSA) is 110 Å². The average Bonchev–Trinajstić information content (AvgIpc) is 3.31. The maximum atomic E-state index is 12.2. The van der Waals surface area contributed by atoms with Crippen molar-refractivity contribution in [2.75, 3.05) is 12.4 Å². The number of ether oxygens (including phenoxy) is 1. The van der Waals surface area contributed by atoms with E-state index < -0.39 is 0 Å². The Labute approximate surface area is 132 Å². The van der Waals surface area contributed by atoms with Crippen LogP contribution in [0.25, 0.3) is 0 Å². The van der Waals surface area contributed by atoms with Gasteiger partial charge in [0.2, 0.25) is 11.9 Å². The molecule has 2 aromatic rings. The molecule has 1 aliphatic carbocycles. The fourth-order valence-electron chi connectivity index (χ4n) is 2.37. The van der Waals surface area contributed by atoms with Gasteiger partial charge in [0, 0.05) is 37.0 Å². The molecule has 2 N–H and O–H groups in total. The Bertz CT molecular complexity index is 789. The molecule has 1 fully saturated rings. The van der Waals surface area contributed by atoms with Crippen LogP contribution in [0.3, 0.4) is 0 Å². The predicted octanol–water partition coefficient (Wildman–Crippen LogP) is 0.757. The van der Waals surface area contributed by atoms with Crippen LogP contribution in [0.5, 0.6) is 0 Å². The number of aryl methyl sites for hydroxylation is 1. The minimum absolute atomic E-state index is 0.0226. The van der Waals surface area contributed by atoms with E-state index in [1.807, 2.05) is 13.0 Å². The Kier molecular flexibility index (Phi) is 4.16. The van der Waals surface area contributed by atoms with Gasteiger partial charge in [0.05, 0.1) is 12.2 Å². The highest BCUT2D eigenvalue weighted by Gasteiger charge is 2.46. The van der Waals surface area contributed by atoms with E-state index in [2.05, 4.69) is 25.3 Å². The quantitative estimate of drug-likeness (QED) is 0.843. The maximum absolute atomic E-state index is 12.2. The fraction of sp³-hybridized carbons (Fsp3) is 0.400. The van der Waals surface area contributed by atoms with Crippen LogP contribution < -0.4 is 10.9 Å². The van der Waals surface area contributed by atoms with Crippen molar-refractivity contribution in [2.24, 2.45) is 5.92 Å². The summed E-state index contributed by atoms with van der Waals surface area (Å²) in [5, 5.41) is 2.63. The molecule has 2 atom stereocenters. The van der Waals surface area contributed by atoms with Gasteiger partial charge < -0.3 is 4.74 Å². The third-order valence-electron chi connectivity index (χ3n) is 3.69. The lowest BCUT2D eigenvalue weighted by Gasteiger charge is -2.05. The Hall–Kier alpha value is -2.61. The smallest absolute Gasteiger partial charge is 0.257 e. The van der Waals surface area contributed by atoms with Gasteiger partial charge >= 0.3 is 0 Å². The summed E-state index contributed by atoms with van der Waals surface area (Å²) in [6.07, 6.45) is 3.78. The zero-order valence-electron chi connectivity index (χ0n) is 12.9. The minimum atomic E-state index is -0.327. The monoisotopic (exact) mass is 315 g/mol. The van der Waals surface area contributed by atoms with Gasteiger partial charge in [-0.1, -0.05) is 0 Å². The second kappa shape index (κ2) is 6.25. The van der Waals surface area contributed by atoms with Crippen molar-refractivity contribution in [1.29, 1.82) is 0 Å². The fourth-order valence-corrected chi connectivity index (χ4v) is 2.37. The van der Waals surface area contributed by atoms with Crippen molar-refractivity contribution in [3.63, 3.8) is 0 Å². The normalized spacial score (nSPS) is 19.4. The average molecular weight is 315 g/mol. The number of amides is 1. The molecule has 0 radical (unpaired) electrons. The Morgan fingerprint density at radius 3 is 3.00 bits per heavy atom. The Morgan fingerprint density at radius 2 is 2.30 bits per heavy atom. The van der Waals surface area contributed by atoms with Gasteiger partial charge in [-0.15, -0.1) is 0 Å². The van der Waals surface area contributed by atoms with Crippen LogP contribution >= 0.6 is 0 Å². The Morgan fingerprint density at radius 1 is 1.48 bits per heavy atom. The first kappa shape index (κ1) is 15.3. The minimum Gasteiger partial charge on any atom is -0.380 e. The second-order valence-corrected chi connectivity index (χ2v) is 5.51. The number of carbonyl (C=O) groups excluding carboxylic acids is 1. The van der Waals surface area contributed by atoms with E-state index in [1.165, 1.54) is 13.3 Å². The molecule has 2 heterocycles. The van der Waals surface area contributed by atoms with E-state index in [0.29, 0.717) is 17.8 Å². The van der Waals surface area contributed by atoms with Gasteiger partial charge in [-0.2, -0.15) is 0 Å². The standard InChI is InChI=1S/C15H17N5O3/c1-8-3-4-16-12(18-8)10-5-11(10)14(22)20-15-17-6-9(7-23-2)13(21)19-15/h3-4,6,10-11H,5,7H2,1-2H3,(H2,17,19,20,21,22). The third kappa shape index (κ3) is 3.42. The molecule has 0 aromatic carbocycles. The molecular formula is C15H17N5O3. The molecule has 3 rings (SSSR count). The van der Waals surface area contributed by atoms with Gasteiger partial charge in [0.1, 0.15) is 5.82 Å². The van der Waals surface area contributed by atoms with Gasteiger partial charge in [0.15, 0.2) is 0 Å². The summed E-state index contributed by atoms with van der Waals surface area (Å²) in [7, 11) is 1.50. The van der Waals surface area contributed by atoms with Crippen molar-refractivity contribution < 1.29 is 9.53 Å². The molecule has 23 heavy (non-hydrogen) atoms. The molecule has 1 aliphatic rings. The van der Waals surface area contributed by atoms with Crippen LogP contribution in [0.2, 0.25) is 0 Å². The molecule has 2 aromatic heterocycles. The first-order valence-electron chi connectivity index (χ1n) is 7.26. The number of aromatic nitrogens is 4. The van der Waals surface area contributed by atoms with Crippen LogP contribution in [0.4, 0.5) is 5.95 Å². The molecule has 0 bridgehead atoms. The van der Waals surface area contributed by atoms with Gasteiger partial charge in [0.25, 0.3) is 5.56 Å². The third-order valence-corrected chi connectivity index (χ3v) is 3.69. The van der Waals surface area contributed by atoms with Gasteiger partial charge in [-0.05, 0) is 19.4 Å². The van der Waals surface area contributed by atoms with E-state index in [1.54, 1.807) is 6.20 Å². The summed E-state index contributed by atoms with van der Waals surface area (Å²) in [6.45, 7) is 2.06. The van der Waals surface area contributed by atoms with Crippen molar-refractivity contribution in [3.05, 3.63) is 45.9 Å². The molecule has 8 heteroatoms. The SMILES string of the molecule is COCc1cnc(NC(=O)C2CC2c2nccc(C)n2)[nH]c1=O. The first-order chi connectivity index (χ1) is 11.1. The van der Waals surface area contributed by atoms with Crippen molar-refractivity contribution in [3.8, 4) is 0 Å². The van der Waals surface area contributed by atoms with Crippen LogP contribution in [0.1, 0.15) is 29.4 Å². The highest BCUT2D eigenvalue weighted by molar-refractivity contribution is 5.93.